The fourth-order valence-electron chi connectivity index (χ4n) is 4.82. The molecule has 0 radical (unpaired) electrons. The second-order valence-electron chi connectivity index (χ2n) is 8.48. The summed E-state index contributed by atoms with van der Waals surface area (Å²) in [7, 11) is 1.89. The van der Waals surface area contributed by atoms with Gasteiger partial charge in [0.2, 0.25) is 0 Å². The fraction of sp³-hybridized carbons (Fsp3) is 0.375. The number of fused-ring (bicyclic) bond motifs is 2. The van der Waals surface area contributed by atoms with E-state index in [1.807, 2.05) is 54.4 Å². The first-order valence-electron chi connectivity index (χ1n) is 10.8. The van der Waals surface area contributed by atoms with Gasteiger partial charge in [-0.3, -0.25) is 4.98 Å². The first-order valence-corrected chi connectivity index (χ1v) is 10.8. The number of nitrogens with zero attached hydrogens (tertiary/aromatic N) is 4. The summed E-state index contributed by atoms with van der Waals surface area (Å²) in [5.74, 6) is 0.759. The Morgan fingerprint density at radius 1 is 1.06 bits per heavy atom. The number of aromatic hydroxyl groups is 1. The highest BCUT2D eigenvalue weighted by Crippen LogP contribution is 2.34. The van der Waals surface area contributed by atoms with Gasteiger partial charge in [0.25, 0.3) is 0 Å². The molecule has 4 atom stereocenters. The van der Waals surface area contributed by atoms with Crippen molar-refractivity contribution in [2.75, 3.05) is 11.9 Å². The molecule has 2 unspecified atom stereocenters. The smallest absolute Gasteiger partial charge is 0.151 e. The van der Waals surface area contributed by atoms with E-state index in [4.69, 9.17) is 0 Å². The number of nitrogens with one attached hydrogen (secondary N) is 1. The van der Waals surface area contributed by atoms with Crippen LogP contribution in [0.5, 0.6) is 5.75 Å². The standard InChI is InChI=1S/C24H26FN5O/c1-30(21-14-16-5-4-7-20(27-16)24(21)25)23-11-10-19(28-29-23)17-9-8-15(13-22(17)31)18-6-2-3-12-26-18/h2-3,6,8-13,16,20-21,24,27,31H,4-5,7,14H2,1H3/t16?,20?,21-,24+/m0/s1. The zero-order chi connectivity index (χ0) is 21.4. The Morgan fingerprint density at radius 3 is 2.71 bits per heavy atom. The van der Waals surface area contributed by atoms with Gasteiger partial charge < -0.3 is 15.3 Å². The van der Waals surface area contributed by atoms with Crippen molar-refractivity contribution < 1.29 is 9.50 Å². The maximum absolute atomic E-state index is 15.0. The Hall–Kier alpha value is -3.06. The molecule has 0 amide bonds. The highest BCUT2D eigenvalue weighted by Gasteiger charge is 2.41. The van der Waals surface area contributed by atoms with E-state index < -0.39 is 6.17 Å². The van der Waals surface area contributed by atoms with Crippen molar-refractivity contribution in [1.82, 2.24) is 20.5 Å². The van der Waals surface area contributed by atoms with Crippen molar-refractivity contribution in [2.24, 2.45) is 0 Å². The van der Waals surface area contributed by atoms with E-state index >= 15 is 4.39 Å². The molecule has 160 valence electrons. The van der Waals surface area contributed by atoms with Crippen molar-refractivity contribution in [3.63, 3.8) is 0 Å². The normalized spacial score (nSPS) is 25.2. The number of alkyl halides is 1. The molecule has 1 aromatic carbocycles. The highest BCUT2D eigenvalue weighted by atomic mass is 19.1. The van der Waals surface area contributed by atoms with Crippen LogP contribution in [0, 0.1) is 0 Å². The molecule has 2 aliphatic heterocycles. The lowest BCUT2D eigenvalue weighted by Crippen LogP contribution is -2.61. The molecule has 0 spiro atoms. The van der Waals surface area contributed by atoms with Crippen molar-refractivity contribution in [3.8, 4) is 28.3 Å². The van der Waals surface area contributed by atoms with Crippen LogP contribution >= 0.6 is 0 Å². The molecule has 0 aliphatic carbocycles. The van der Waals surface area contributed by atoms with Crippen LogP contribution in [0.15, 0.2) is 54.7 Å². The number of hydrogen-bond donors (Lipinski definition) is 2. The van der Waals surface area contributed by atoms with E-state index in [2.05, 4.69) is 20.5 Å². The van der Waals surface area contributed by atoms with Gasteiger partial charge in [0, 0.05) is 36.5 Å². The lowest BCUT2D eigenvalue weighted by molar-refractivity contribution is 0.107. The minimum atomic E-state index is -0.925. The molecule has 2 aromatic heterocycles. The molecule has 4 heterocycles. The Balaban J connectivity index is 1.35. The van der Waals surface area contributed by atoms with Crippen molar-refractivity contribution in [3.05, 3.63) is 54.7 Å². The van der Waals surface area contributed by atoms with Crippen LogP contribution in [0.1, 0.15) is 25.7 Å². The summed E-state index contributed by atoms with van der Waals surface area (Å²) in [5.41, 5.74) is 2.79. The van der Waals surface area contributed by atoms with Gasteiger partial charge in [-0.1, -0.05) is 18.6 Å². The Morgan fingerprint density at radius 2 is 1.97 bits per heavy atom. The summed E-state index contributed by atoms with van der Waals surface area (Å²) >= 11 is 0. The van der Waals surface area contributed by atoms with Gasteiger partial charge >= 0.3 is 0 Å². The largest absolute Gasteiger partial charge is 0.507 e. The summed E-state index contributed by atoms with van der Waals surface area (Å²) < 4.78 is 15.0. The summed E-state index contributed by atoms with van der Waals surface area (Å²) in [6.07, 6.45) is 4.65. The van der Waals surface area contributed by atoms with E-state index in [1.165, 1.54) is 0 Å². The van der Waals surface area contributed by atoms with Crippen LogP contribution < -0.4 is 10.2 Å². The van der Waals surface area contributed by atoms with E-state index in [-0.39, 0.29) is 17.8 Å². The summed E-state index contributed by atoms with van der Waals surface area (Å²) in [6.45, 7) is 0. The van der Waals surface area contributed by atoms with Gasteiger partial charge in [-0.15, -0.1) is 10.2 Å². The number of phenolic OH excluding ortho intramolecular Hbond substituents is 1. The van der Waals surface area contributed by atoms with E-state index in [9.17, 15) is 5.11 Å². The molecule has 2 bridgehead atoms. The number of aromatic nitrogens is 3. The zero-order valence-electron chi connectivity index (χ0n) is 17.4. The summed E-state index contributed by atoms with van der Waals surface area (Å²) in [4.78, 5) is 6.23. The first kappa shape index (κ1) is 19.9. The van der Waals surface area contributed by atoms with Gasteiger partial charge in [-0.25, -0.2) is 4.39 Å². The number of pyridine rings is 1. The molecule has 5 rings (SSSR count). The highest BCUT2D eigenvalue weighted by molar-refractivity contribution is 5.73. The molecule has 2 N–H and O–H groups in total. The summed E-state index contributed by atoms with van der Waals surface area (Å²) in [5, 5.41) is 22.6. The van der Waals surface area contributed by atoms with Crippen LogP contribution in [0.3, 0.4) is 0 Å². The lowest BCUT2D eigenvalue weighted by atomic mass is 9.82. The third kappa shape index (κ3) is 3.85. The van der Waals surface area contributed by atoms with Gasteiger partial charge in [-0.2, -0.15) is 0 Å². The van der Waals surface area contributed by atoms with Crippen LogP contribution in [0.2, 0.25) is 0 Å². The van der Waals surface area contributed by atoms with Crippen LogP contribution in [-0.4, -0.2) is 51.6 Å². The van der Waals surface area contributed by atoms with Gasteiger partial charge in [0.1, 0.15) is 11.9 Å². The number of piperidine rings is 2. The van der Waals surface area contributed by atoms with Gasteiger partial charge in [-0.05, 0) is 55.7 Å². The second kappa shape index (κ2) is 8.23. The topological polar surface area (TPSA) is 74.2 Å². The predicted molar refractivity (Wildman–Crippen MR) is 119 cm³/mol. The summed E-state index contributed by atoms with van der Waals surface area (Å²) in [6, 6.07) is 14.8. The molecule has 6 nitrogen and oxygen atoms in total. The SMILES string of the molecule is CN(c1ccc(-c2ccc(-c3ccccn3)cc2O)nn1)[C@H]1CC2CCCC(N2)[C@H]1F. The molecular weight excluding hydrogens is 393 g/mol. The number of benzene rings is 1. The number of halogens is 1. The van der Waals surface area contributed by atoms with E-state index in [1.54, 1.807) is 12.3 Å². The fourth-order valence-corrected chi connectivity index (χ4v) is 4.82. The third-order valence-corrected chi connectivity index (χ3v) is 6.54. The van der Waals surface area contributed by atoms with Gasteiger partial charge in [0.15, 0.2) is 5.82 Å². The van der Waals surface area contributed by atoms with Crippen molar-refractivity contribution in [2.45, 2.75) is 50.0 Å². The molecule has 2 fully saturated rings. The van der Waals surface area contributed by atoms with E-state index in [0.717, 1.165) is 36.9 Å². The zero-order valence-corrected chi connectivity index (χ0v) is 17.4. The molecule has 2 aliphatic rings. The van der Waals surface area contributed by atoms with Crippen LogP contribution in [0.25, 0.3) is 22.5 Å². The van der Waals surface area contributed by atoms with E-state index in [0.29, 0.717) is 23.1 Å². The third-order valence-electron chi connectivity index (χ3n) is 6.54. The Bertz CT molecular complexity index is 1050. The lowest BCUT2D eigenvalue weighted by Gasteiger charge is -2.46. The van der Waals surface area contributed by atoms with Crippen LogP contribution in [0.4, 0.5) is 10.2 Å². The first-order chi connectivity index (χ1) is 15.1. The number of rotatable bonds is 4. The minimum absolute atomic E-state index is 0.0678. The van der Waals surface area contributed by atoms with Gasteiger partial charge in [0.05, 0.1) is 17.4 Å². The number of phenols is 1. The van der Waals surface area contributed by atoms with Crippen molar-refractivity contribution >= 4 is 5.82 Å². The van der Waals surface area contributed by atoms with Crippen molar-refractivity contribution in [1.29, 1.82) is 0 Å². The number of hydrogen-bond acceptors (Lipinski definition) is 6. The molecular formula is C24H26FN5O. The second-order valence-corrected chi connectivity index (χ2v) is 8.48. The Kier molecular flexibility index (Phi) is 5.28. The monoisotopic (exact) mass is 419 g/mol. The number of anilines is 1. The average molecular weight is 420 g/mol. The molecule has 0 saturated carbocycles. The maximum Gasteiger partial charge on any atom is 0.151 e. The predicted octanol–water partition coefficient (Wildman–Crippen LogP) is 3.97. The molecule has 2 saturated heterocycles. The minimum Gasteiger partial charge on any atom is -0.507 e. The van der Waals surface area contributed by atoms with Crippen LogP contribution in [-0.2, 0) is 0 Å². The average Bonchev–Trinajstić information content (AvgIpc) is 2.82. The quantitative estimate of drug-likeness (QED) is 0.667. The molecule has 31 heavy (non-hydrogen) atoms. The molecule has 3 aromatic rings. The Labute approximate surface area is 181 Å². The molecule has 7 heteroatoms. The maximum atomic E-state index is 15.0.